The molecule has 0 radical (unpaired) electrons. The lowest BCUT2D eigenvalue weighted by atomic mass is 10.1. The van der Waals surface area contributed by atoms with Crippen molar-refractivity contribution in [3.05, 3.63) is 71.0 Å². The van der Waals surface area contributed by atoms with E-state index < -0.39 is 54.0 Å². The van der Waals surface area contributed by atoms with Crippen LogP contribution in [0.4, 0.5) is 22.4 Å². The van der Waals surface area contributed by atoms with Crippen LogP contribution in [0.15, 0.2) is 48.5 Å². The molecule has 2 heterocycles. The highest BCUT2D eigenvalue weighted by Crippen LogP contribution is 2.35. The van der Waals surface area contributed by atoms with Crippen LogP contribution < -0.4 is 0 Å². The number of β-amino-alcohol motifs (C(OH)–C–C–N with tert-alkyl or cyclic N) is 1. The fourth-order valence-electron chi connectivity index (χ4n) is 4.43. The van der Waals surface area contributed by atoms with Crippen molar-refractivity contribution in [3.63, 3.8) is 0 Å². The second-order valence-electron chi connectivity index (χ2n) is 7.75. The average molecular weight is 452 g/mol. The molecule has 4 rings (SSSR count). The summed E-state index contributed by atoms with van der Waals surface area (Å²) in [7, 11) is 0. The summed E-state index contributed by atoms with van der Waals surface area (Å²) >= 11 is 0. The first-order valence-corrected chi connectivity index (χ1v) is 10.0. The first kappa shape index (κ1) is 22.1. The SMILES string of the molecule is O=C(OCc1c(F)cccc1C(F)(F)F)N1CC[C@@H]2[C@H]1[C@@H](O)CN2C(=O)c1ccccc1. The van der Waals surface area contributed by atoms with Gasteiger partial charge in [0.1, 0.15) is 12.4 Å². The Morgan fingerprint density at radius 2 is 1.78 bits per heavy atom. The van der Waals surface area contributed by atoms with Crippen LogP contribution in [0.2, 0.25) is 0 Å². The molecule has 2 aliphatic heterocycles. The molecule has 32 heavy (non-hydrogen) atoms. The molecule has 170 valence electrons. The fraction of sp³-hybridized carbons (Fsp3) is 0.364. The molecule has 2 aromatic carbocycles. The van der Waals surface area contributed by atoms with Crippen molar-refractivity contribution in [2.24, 2.45) is 0 Å². The predicted octanol–water partition coefficient (Wildman–Crippen LogP) is 3.44. The Hall–Kier alpha value is -3.14. The minimum absolute atomic E-state index is 0.0123. The molecule has 0 unspecified atom stereocenters. The Morgan fingerprint density at radius 3 is 2.47 bits per heavy atom. The van der Waals surface area contributed by atoms with E-state index in [-0.39, 0.29) is 19.0 Å². The standard InChI is InChI=1S/C22H20F4N2O4/c23-16-8-4-7-15(22(24,25)26)14(16)12-32-21(31)27-10-9-17-19(27)18(29)11-28(17)20(30)13-5-2-1-3-6-13/h1-8,17-19,29H,9-12H2/t17-,18+,19+/m1/s1. The minimum Gasteiger partial charge on any atom is -0.444 e. The summed E-state index contributed by atoms with van der Waals surface area (Å²) in [4.78, 5) is 28.1. The van der Waals surface area contributed by atoms with E-state index in [1.165, 1.54) is 9.80 Å². The number of halogens is 4. The molecule has 0 spiro atoms. The van der Waals surface area contributed by atoms with Crippen molar-refractivity contribution in [1.82, 2.24) is 9.80 Å². The Kier molecular flexibility index (Phi) is 5.81. The second kappa shape index (κ2) is 8.42. The van der Waals surface area contributed by atoms with Crippen LogP contribution in [0.25, 0.3) is 0 Å². The largest absolute Gasteiger partial charge is 0.444 e. The summed E-state index contributed by atoms with van der Waals surface area (Å²) in [5.41, 5.74) is -1.54. The van der Waals surface area contributed by atoms with Gasteiger partial charge in [0.2, 0.25) is 0 Å². The number of alkyl halides is 3. The van der Waals surface area contributed by atoms with Crippen molar-refractivity contribution in [2.45, 2.75) is 37.4 Å². The van der Waals surface area contributed by atoms with Gasteiger partial charge in [-0.1, -0.05) is 24.3 Å². The van der Waals surface area contributed by atoms with Crippen molar-refractivity contribution in [1.29, 1.82) is 0 Å². The third-order valence-electron chi connectivity index (χ3n) is 5.88. The first-order chi connectivity index (χ1) is 15.2. The lowest BCUT2D eigenvalue weighted by Gasteiger charge is -2.26. The van der Waals surface area contributed by atoms with Gasteiger partial charge in [0, 0.05) is 24.2 Å². The highest BCUT2D eigenvalue weighted by Gasteiger charge is 2.52. The summed E-state index contributed by atoms with van der Waals surface area (Å²) < 4.78 is 58.5. The maximum absolute atomic E-state index is 14.0. The number of amides is 2. The van der Waals surface area contributed by atoms with Crippen molar-refractivity contribution < 1.29 is 37.0 Å². The molecular formula is C22H20F4N2O4. The van der Waals surface area contributed by atoms with Gasteiger partial charge in [-0.2, -0.15) is 13.2 Å². The fourth-order valence-corrected chi connectivity index (χ4v) is 4.43. The number of hydrogen-bond donors (Lipinski definition) is 1. The molecule has 2 fully saturated rings. The van der Waals surface area contributed by atoms with Crippen molar-refractivity contribution in [2.75, 3.05) is 13.1 Å². The van der Waals surface area contributed by atoms with E-state index in [2.05, 4.69) is 0 Å². The number of fused-ring (bicyclic) bond motifs is 1. The van der Waals surface area contributed by atoms with E-state index in [0.717, 1.165) is 12.1 Å². The summed E-state index contributed by atoms with van der Waals surface area (Å²) in [6, 6.07) is 9.80. The van der Waals surface area contributed by atoms with Crippen molar-refractivity contribution in [3.8, 4) is 0 Å². The second-order valence-corrected chi connectivity index (χ2v) is 7.75. The van der Waals surface area contributed by atoms with Gasteiger partial charge in [0.15, 0.2) is 0 Å². The smallest absolute Gasteiger partial charge is 0.416 e. The number of nitrogens with zero attached hydrogens (tertiary/aromatic N) is 2. The molecule has 6 nitrogen and oxygen atoms in total. The van der Waals surface area contributed by atoms with Crippen LogP contribution in [0.3, 0.4) is 0 Å². The summed E-state index contributed by atoms with van der Waals surface area (Å²) in [6.45, 7) is -0.747. The molecule has 2 amide bonds. The number of rotatable bonds is 3. The minimum atomic E-state index is -4.80. The molecule has 3 atom stereocenters. The maximum Gasteiger partial charge on any atom is 0.416 e. The Labute approximate surface area is 181 Å². The predicted molar refractivity (Wildman–Crippen MR) is 104 cm³/mol. The van der Waals surface area contributed by atoms with Crippen LogP contribution in [0.1, 0.15) is 27.9 Å². The van der Waals surface area contributed by atoms with E-state index in [1.807, 2.05) is 0 Å². The van der Waals surface area contributed by atoms with Gasteiger partial charge in [-0.15, -0.1) is 0 Å². The van der Waals surface area contributed by atoms with Gasteiger partial charge in [-0.25, -0.2) is 9.18 Å². The highest BCUT2D eigenvalue weighted by atomic mass is 19.4. The zero-order chi connectivity index (χ0) is 23.0. The van der Waals surface area contributed by atoms with Crippen LogP contribution in [0.5, 0.6) is 0 Å². The lowest BCUT2D eigenvalue weighted by molar-refractivity contribution is -0.139. The number of likely N-dealkylation sites (tertiary alicyclic amines) is 2. The first-order valence-electron chi connectivity index (χ1n) is 10.0. The van der Waals surface area contributed by atoms with Crippen LogP contribution >= 0.6 is 0 Å². The van der Waals surface area contributed by atoms with Crippen LogP contribution in [-0.4, -0.2) is 58.2 Å². The topological polar surface area (TPSA) is 70.1 Å². The normalized spacial score (nSPS) is 22.7. The molecule has 2 aromatic rings. The molecule has 10 heteroatoms. The molecule has 2 saturated heterocycles. The third kappa shape index (κ3) is 4.02. The quantitative estimate of drug-likeness (QED) is 0.725. The molecule has 0 aromatic heterocycles. The van der Waals surface area contributed by atoms with Crippen LogP contribution in [-0.2, 0) is 17.5 Å². The number of hydrogen-bond acceptors (Lipinski definition) is 4. The van der Waals surface area contributed by atoms with Crippen LogP contribution in [0, 0.1) is 5.82 Å². The third-order valence-corrected chi connectivity index (χ3v) is 5.88. The summed E-state index contributed by atoms with van der Waals surface area (Å²) in [5.74, 6) is -1.42. The van der Waals surface area contributed by atoms with E-state index >= 15 is 0 Å². The lowest BCUT2D eigenvalue weighted by Crippen LogP contribution is -2.45. The van der Waals surface area contributed by atoms with Gasteiger partial charge in [0.25, 0.3) is 5.91 Å². The monoisotopic (exact) mass is 452 g/mol. The van der Waals surface area contributed by atoms with Gasteiger partial charge < -0.3 is 19.6 Å². The van der Waals surface area contributed by atoms with Crippen molar-refractivity contribution >= 4 is 12.0 Å². The van der Waals surface area contributed by atoms with E-state index in [1.54, 1.807) is 30.3 Å². The van der Waals surface area contributed by atoms with Gasteiger partial charge in [0.05, 0.1) is 23.8 Å². The van der Waals surface area contributed by atoms with Gasteiger partial charge >= 0.3 is 12.3 Å². The Bertz CT molecular complexity index is 1010. The van der Waals surface area contributed by atoms with E-state index in [0.29, 0.717) is 18.1 Å². The van der Waals surface area contributed by atoms with Gasteiger partial charge in [-0.05, 0) is 30.7 Å². The number of carbonyl (C=O) groups excluding carboxylic acids is 2. The Balaban J connectivity index is 1.46. The number of aliphatic hydroxyl groups is 1. The zero-order valence-corrected chi connectivity index (χ0v) is 16.8. The molecule has 0 aliphatic carbocycles. The molecule has 1 N–H and O–H groups in total. The Morgan fingerprint density at radius 1 is 1.06 bits per heavy atom. The zero-order valence-electron chi connectivity index (χ0n) is 16.8. The number of ether oxygens (including phenoxy) is 1. The van der Waals surface area contributed by atoms with Gasteiger partial charge in [-0.3, -0.25) is 4.79 Å². The molecule has 0 saturated carbocycles. The number of carbonyl (C=O) groups is 2. The van der Waals surface area contributed by atoms with E-state index in [4.69, 9.17) is 4.74 Å². The summed E-state index contributed by atoms with van der Waals surface area (Å²) in [5, 5.41) is 10.5. The molecular weight excluding hydrogens is 432 g/mol. The molecule has 2 aliphatic rings. The number of benzene rings is 2. The average Bonchev–Trinajstić information content (AvgIpc) is 3.33. The maximum atomic E-state index is 14.0. The highest BCUT2D eigenvalue weighted by molar-refractivity contribution is 5.94. The molecule has 0 bridgehead atoms. The van der Waals surface area contributed by atoms with E-state index in [9.17, 15) is 32.3 Å². The number of aliphatic hydroxyl groups excluding tert-OH is 1. The summed E-state index contributed by atoms with van der Waals surface area (Å²) in [6.07, 6.45) is -6.44.